The number of ether oxygens (including phenoxy) is 3. The first-order valence-corrected chi connectivity index (χ1v) is 12.3. The van der Waals surface area contributed by atoms with Crippen molar-refractivity contribution in [2.75, 3.05) is 20.2 Å². The molecule has 37 heavy (non-hydrogen) atoms. The second-order valence-electron chi connectivity index (χ2n) is 9.08. The van der Waals surface area contributed by atoms with Crippen LogP contribution in [0.3, 0.4) is 0 Å². The number of benzene rings is 1. The second-order valence-corrected chi connectivity index (χ2v) is 9.08. The van der Waals surface area contributed by atoms with E-state index in [2.05, 4.69) is 15.6 Å². The molecule has 0 spiro atoms. The van der Waals surface area contributed by atoms with E-state index in [1.54, 1.807) is 39.0 Å². The third-order valence-electron chi connectivity index (χ3n) is 5.69. The lowest BCUT2D eigenvalue weighted by Crippen LogP contribution is -2.28. The molecule has 2 aromatic rings. The van der Waals surface area contributed by atoms with Crippen molar-refractivity contribution in [3.05, 3.63) is 47.3 Å². The van der Waals surface area contributed by atoms with Crippen LogP contribution in [-0.2, 0) is 14.3 Å². The molecule has 2 amide bonds. The maximum Gasteiger partial charge on any atom is 0.360 e. The fourth-order valence-corrected chi connectivity index (χ4v) is 3.47. The topological polar surface area (TPSA) is 133 Å². The summed E-state index contributed by atoms with van der Waals surface area (Å²) >= 11 is 0. The molecule has 10 nitrogen and oxygen atoms in total. The first-order chi connectivity index (χ1) is 17.6. The molecule has 1 heterocycles. The minimum Gasteiger partial charge on any atom is -0.497 e. The zero-order valence-electron chi connectivity index (χ0n) is 21.8. The van der Waals surface area contributed by atoms with Crippen molar-refractivity contribution in [3.8, 4) is 16.9 Å². The molecule has 1 atom stereocenters. The third-order valence-corrected chi connectivity index (χ3v) is 5.69. The Morgan fingerprint density at radius 1 is 0.973 bits per heavy atom. The lowest BCUT2D eigenvalue weighted by Gasteiger charge is -2.18. The van der Waals surface area contributed by atoms with Crippen LogP contribution in [0.2, 0.25) is 0 Å². The minimum atomic E-state index is -1.20. The summed E-state index contributed by atoms with van der Waals surface area (Å²) in [5.41, 5.74) is 0.715. The van der Waals surface area contributed by atoms with Crippen LogP contribution in [0.25, 0.3) is 11.1 Å². The Bertz CT molecular complexity index is 1170. The summed E-state index contributed by atoms with van der Waals surface area (Å²) < 4.78 is 15.8. The van der Waals surface area contributed by atoms with E-state index in [0.717, 1.165) is 12.8 Å². The number of carbonyl (C=O) groups excluding carboxylic acids is 4. The number of methoxy groups -OCH3 is 1. The molecule has 0 radical (unpaired) electrons. The monoisotopic (exact) mass is 511 g/mol. The first kappa shape index (κ1) is 27.6. The van der Waals surface area contributed by atoms with Crippen LogP contribution in [0.15, 0.2) is 30.3 Å². The van der Waals surface area contributed by atoms with Gasteiger partial charge in [-0.1, -0.05) is 13.8 Å². The Labute approximate surface area is 216 Å². The van der Waals surface area contributed by atoms with Crippen molar-refractivity contribution in [1.82, 2.24) is 15.6 Å². The summed E-state index contributed by atoms with van der Waals surface area (Å²) in [7, 11) is 1.48. The van der Waals surface area contributed by atoms with Gasteiger partial charge in [-0.15, -0.1) is 0 Å². The Balaban J connectivity index is 2.04. The molecule has 1 saturated carbocycles. The number of nitrogens with zero attached hydrogens (tertiary/aromatic N) is 1. The van der Waals surface area contributed by atoms with Crippen LogP contribution >= 0.6 is 0 Å². The number of carbonyl (C=O) groups is 4. The summed E-state index contributed by atoms with van der Waals surface area (Å²) in [6.07, 6.45) is 0.934. The molecule has 1 aromatic heterocycles. The van der Waals surface area contributed by atoms with Gasteiger partial charge in [0.25, 0.3) is 11.8 Å². The molecule has 0 aliphatic heterocycles. The predicted octanol–water partition coefficient (Wildman–Crippen LogP) is 3.35. The van der Waals surface area contributed by atoms with Crippen molar-refractivity contribution in [1.29, 1.82) is 0 Å². The average molecular weight is 512 g/mol. The Hall–Kier alpha value is -3.95. The maximum atomic E-state index is 13.3. The lowest BCUT2D eigenvalue weighted by atomic mass is 9.96. The van der Waals surface area contributed by atoms with Crippen LogP contribution in [0.5, 0.6) is 5.75 Å². The number of amides is 2. The largest absolute Gasteiger partial charge is 0.497 e. The number of pyridine rings is 1. The minimum absolute atomic E-state index is 0.0191. The third kappa shape index (κ3) is 7.28. The predicted molar refractivity (Wildman–Crippen MR) is 135 cm³/mol. The van der Waals surface area contributed by atoms with Gasteiger partial charge >= 0.3 is 11.9 Å². The highest BCUT2D eigenvalue weighted by Gasteiger charge is 2.27. The standard InChI is InChI=1S/C27H33N3O7/c1-6-28-24(31)20-10-9-18(35-5)13-21(20)19-11-12-22(25(32)29-14-17-7-8-17)30-23(19)27(34)37-16(4)36-26(33)15(2)3/h9-13,15-17H,6-8,14H2,1-5H3,(H,28,31)(H,29,32). The number of hydrogen-bond donors (Lipinski definition) is 2. The van der Waals surface area contributed by atoms with Crippen LogP contribution in [0.4, 0.5) is 0 Å². The van der Waals surface area contributed by atoms with E-state index in [9.17, 15) is 19.2 Å². The molecular formula is C27H33N3O7. The van der Waals surface area contributed by atoms with Gasteiger partial charge in [0, 0.05) is 36.7 Å². The van der Waals surface area contributed by atoms with E-state index in [1.807, 2.05) is 0 Å². The second kappa shape index (κ2) is 12.3. The summed E-state index contributed by atoms with van der Waals surface area (Å²) in [6, 6.07) is 7.84. The molecule has 2 N–H and O–H groups in total. The van der Waals surface area contributed by atoms with Crippen molar-refractivity contribution in [3.63, 3.8) is 0 Å². The van der Waals surface area contributed by atoms with Crippen LogP contribution in [0.1, 0.15) is 71.9 Å². The first-order valence-electron chi connectivity index (χ1n) is 12.3. The lowest BCUT2D eigenvalue weighted by molar-refractivity contribution is -0.169. The highest BCUT2D eigenvalue weighted by molar-refractivity contribution is 6.05. The quantitative estimate of drug-likeness (QED) is 0.347. The fourth-order valence-electron chi connectivity index (χ4n) is 3.47. The van der Waals surface area contributed by atoms with Gasteiger partial charge in [0.05, 0.1) is 13.0 Å². The van der Waals surface area contributed by atoms with E-state index in [1.165, 1.54) is 26.2 Å². The zero-order chi connectivity index (χ0) is 27.1. The fraction of sp³-hybridized carbons (Fsp3) is 0.444. The molecule has 1 aromatic carbocycles. The highest BCUT2D eigenvalue weighted by atomic mass is 16.7. The van der Waals surface area contributed by atoms with Gasteiger partial charge in [-0.05, 0) is 56.0 Å². The number of hydrogen-bond acceptors (Lipinski definition) is 8. The molecule has 0 bridgehead atoms. The van der Waals surface area contributed by atoms with Gasteiger partial charge in [0.1, 0.15) is 11.4 Å². The number of rotatable bonds is 11. The smallest absolute Gasteiger partial charge is 0.360 e. The molecular weight excluding hydrogens is 478 g/mol. The van der Waals surface area contributed by atoms with Gasteiger partial charge in [0.15, 0.2) is 5.69 Å². The molecule has 1 aliphatic rings. The molecule has 1 unspecified atom stereocenters. The maximum absolute atomic E-state index is 13.3. The van der Waals surface area contributed by atoms with E-state index in [-0.39, 0.29) is 28.4 Å². The van der Waals surface area contributed by atoms with Crippen LogP contribution in [-0.4, -0.2) is 55.2 Å². The summed E-state index contributed by atoms with van der Waals surface area (Å²) in [6.45, 7) is 7.45. The van der Waals surface area contributed by atoms with Crippen molar-refractivity contribution < 1.29 is 33.4 Å². The van der Waals surface area contributed by atoms with Crippen LogP contribution in [0, 0.1) is 11.8 Å². The Morgan fingerprint density at radius 3 is 2.32 bits per heavy atom. The highest BCUT2D eigenvalue weighted by Crippen LogP contribution is 2.31. The van der Waals surface area contributed by atoms with Crippen molar-refractivity contribution >= 4 is 23.8 Å². The SMILES string of the molecule is CCNC(=O)c1ccc(OC)cc1-c1ccc(C(=O)NCC2CC2)nc1C(=O)OC(C)OC(=O)C(C)C. The molecule has 1 fully saturated rings. The summed E-state index contributed by atoms with van der Waals surface area (Å²) in [5, 5.41) is 5.57. The molecule has 3 rings (SSSR count). The number of nitrogens with one attached hydrogen (secondary N) is 2. The van der Waals surface area contributed by atoms with Gasteiger partial charge in [-0.25, -0.2) is 9.78 Å². The molecule has 198 valence electrons. The van der Waals surface area contributed by atoms with Crippen LogP contribution < -0.4 is 15.4 Å². The zero-order valence-corrected chi connectivity index (χ0v) is 21.8. The molecule has 0 saturated heterocycles. The van der Waals surface area contributed by atoms with Crippen molar-refractivity contribution in [2.24, 2.45) is 11.8 Å². The van der Waals surface area contributed by atoms with Gasteiger partial charge in [-0.3, -0.25) is 14.4 Å². The summed E-state index contributed by atoms with van der Waals surface area (Å²) in [5.74, 6) is -1.74. The van der Waals surface area contributed by atoms with Gasteiger partial charge in [-0.2, -0.15) is 0 Å². The average Bonchev–Trinajstić information content (AvgIpc) is 3.71. The Morgan fingerprint density at radius 2 is 1.70 bits per heavy atom. The van der Waals surface area contributed by atoms with E-state index in [4.69, 9.17) is 14.2 Å². The normalized spacial score (nSPS) is 13.5. The molecule has 1 aliphatic carbocycles. The number of esters is 2. The Kier molecular flexibility index (Phi) is 9.21. The van der Waals surface area contributed by atoms with Gasteiger partial charge < -0.3 is 24.8 Å². The number of aromatic nitrogens is 1. The van der Waals surface area contributed by atoms with E-state index in [0.29, 0.717) is 30.3 Å². The van der Waals surface area contributed by atoms with E-state index < -0.39 is 30.1 Å². The van der Waals surface area contributed by atoms with E-state index >= 15 is 0 Å². The summed E-state index contributed by atoms with van der Waals surface area (Å²) in [4.78, 5) is 55.1. The van der Waals surface area contributed by atoms with Gasteiger partial charge in [0.2, 0.25) is 6.29 Å². The van der Waals surface area contributed by atoms with Crippen molar-refractivity contribution in [2.45, 2.75) is 46.8 Å². The molecule has 10 heteroatoms.